The maximum absolute atomic E-state index is 6.51. The first-order valence-electron chi connectivity index (χ1n) is 11.5. The summed E-state index contributed by atoms with van der Waals surface area (Å²) in [4.78, 5) is 2.24. The van der Waals surface area contributed by atoms with E-state index in [1.54, 1.807) is 0 Å². The summed E-state index contributed by atoms with van der Waals surface area (Å²) in [7, 11) is 0. The van der Waals surface area contributed by atoms with E-state index in [9.17, 15) is 0 Å². The quantitative estimate of drug-likeness (QED) is 0.248. The topological polar surface area (TPSA) is 3.24 Å². The number of para-hydroxylation sites is 1. The number of hydrogen-bond acceptors (Lipinski definition) is 1. The molecule has 0 amide bonds. The van der Waals surface area contributed by atoms with Crippen molar-refractivity contribution in [3.63, 3.8) is 0 Å². The van der Waals surface area contributed by atoms with Crippen molar-refractivity contribution in [1.29, 1.82) is 0 Å². The van der Waals surface area contributed by atoms with Crippen LogP contribution in [0.25, 0.3) is 10.8 Å². The molecule has 0 aliphatic rings. The standard InChI is InChI=1S/C30H30Cl3N/c1-29(2,3)20-13-14-23-19(16-20)12-15-24(30(4,5)6)28(23)34(21-10-8-7-9-11-21)22-17-25(31)27(33)26(32)18-22/h7-18H,1-6H3. The molecule has 4 rings (SSSR count). The van der Waals surface area contributed by atoms with Crippen molar-refractivity contribution in [3.8, 4) is 0 Å². The van der Waals surface area contributed by atoms with E-state index in [1.165, 1.54) is 21.9 Å². The van der Waals surface area contributed by atoms with Gasteiger partial charge in [-0.25, -0.2) is 0 Å². The lowest BCUT2D eigenvalue weighted by molar-refractivity contribution is 0.589. The van der Waals surface area contributed by atoms with Crippen molar-refractivity contribution in [2.24, 2.45) is 0 Å². The zero-order valence-corrected chi connectivity index (χ0v) is 22.8. The zero-order chi connectivity index (χ0) is 24.8. The number of hydrogen-bond donors (Lipinski definition) is 0. The second-order valence-electron chi connectivity index (χ2n) is 10.8. The summed E-state index contributed by atoms with van der Waals surface area (Å²) in [5.41, 5.74) is 5.50. The van der Waals surface area contributed by atoms with Crippen LogP contribution in [0.4, 0.5) is 17.1 Å². The largest absolute Gasteiger partial charge is 0.309 e. The molecule has 0 bridgehead atoms. The van der Waals surface area contributed by atoms with Gasteiger partial charge >= 0.3 is 0 Å². The zero-order valence-electron chi connectivity index (χ0n) is 20.5. The van der Waals surface area contributed by atoms with Gasteiger partial charge < -0.3 is 4.90 Å². The third-order valence-corrected chi connectivity index (χ3v) is 7.33. The Bertz CT molecular complexity index is 1320. The van der Waals surface area contributed by atoms with Crippen molar-refractivity contribution in [3.05, 3.63) is 99.0 Å². The first kappa shape index (κ1) is 24.9. The van der Waals surface area contributed by atoms with Crippen LogP contribution >= 0.6 is 34.8 Å². The van der Waals surface area contributed by atoms with E-state index in [0.29, 0.717) is 15.1 Å². The van der Waals surface area contributed by atoms with Crippen molar-refractivity contribution >= 4 is 62.6 Å². The van der Waals surface area contributed by atoms with Crippen LogP contribution in [0.15, 0.2) is 72.8 Å². The Balaban J connectivity index is 2.12. The third-order valence-electron chi connectivity index (χ3n) is 6.13. The van der Waals surface area contributed by atoms with Gasteiger partial charge in [-0.15, -0.1) is 0 Å². The van der Waals surface area contributed by atoms with Gasteiger partial charge in [0.05, 0.1) is 20.8 Å². The second-order valence-corrected chi connectivity index (χ2v) is 12.0. The Hall–Kier alpha value is -2.19. The third kappa shape index (κ3) is 4.80. The number of benzene rings is 4. The molecule has 4 aromatic rings. The van der Waals surface area contributed by atoms with Crippen molar-refractivity contribution in [2.75, 3.05) is 4.90 Å². The highest BCUT2D eigenvalue weighted by Gasteiger charge is 2.27. The van der Waals surface area contributed by atoms with E-state index >= 15 is 0 Å². The SMILES string of the molecule is CC(C)(C)c1ccc2c(N(c3ccccc3)c3cc(Cl)c(Cl)c(Cl)c3)c(C(C)(C)C)ccc2c1. The van der Waals surface area contributed by atoms with Crippen LogP contribution in [0.5, 0.6) is 0 Å². The smallest absolute Gasteiger partial charge is 0.0780 e. The molecule has 0 saturated heterocycles. The lowest BCUT2D eigenvalue weighted by Crippen LogP contribution is -2.20. The van der Waals surface area contributed by atoms with E-state index in [2.05, 4.69) is 88.9 Å². The maximum atomic E-state index is 6.51. The predicted molar refractivity (Wildman–Crippen MR) is 151 cm³/mol. The molecular formula is C30H30Cl3N. The van der Waals surface area contributed by atoms with Crippen molar-refractivity contribution < 1.29 is 0 Å². The summed E-state index contributed by atoms with van der Waals surface area (Å²) < 4.78 is 0. The van der Waals surface area contributed by atoms with E-state index in [4.69, 9.17) is 34.8 Å². The average molecular weight is 511 g/mol. The molecule has 34 heavy (non-hydrogen) atoms. The molecule has 1 nitrogen and oxygen atoms in total. The Kier molecular flexibility index (Phi) is 6.68. The number of fused-ring (bicyclic) bond motifs is 1. The summed E-state index contributed by atoms with van der Waals surface area (Å²) in [6.07, 6.45) is 0. The Morgan fingerprint density at radius 3 is 1.79 bits per heavy atom. The van der Waals surface area contributed by atoms with Crippen LogP contribution in [-0.4, -0.2) is 0 Å². The van der Waals surface area contributed by atoms with E-state index < -0.39 is 0 Å². The lowest BCUT2D eigenvalue weighted by atomic mass is 9.81. The monoisotopic (exact) mass is 509 g/mol. The molecule has 0 aromatic heterocycles. The molecule has 0 heterocycles. The van der Waals surface area contributed by atoms with Gasteiger partial charge in [-0.1, -0.05) is 125 Å². The minimum atomic E-state index is -0.0979. The molecule has 4 aromatic carbocycles. The number of halogens is 3. The molecule has 0 fully saturated rings. The molecule has 0 aliphatic carbocycles. The fourth-order valence-corrected chi connectivity index (χ4v) is 4.87. The molecule has 0 unspecified atom stereocenters. The van der Waals surface area contributed by atoms with Gasteiger partial charge in [-0.2, -0.15) is 0 Å². The molecule has 0 atom stereocenters. The maximum Gasteiger partial charge on any atom is 0.0780 e. The molecule has 0 saturated carbocycles. The van der Waals surface area contributed by atoms with Gasteiger partial charge in [0.15, 0.2) is 0 Å². The minimum absolute atomic E-state index is 0.0629. The fraction of sp³-hybridized carbons (Fsp3) is 0.267. The molecule has 0 spiro atoms. The highest BCUT2D eigenvalue weighted by atomic mass is 35.5. The highest BCUT2D eigenvalue weighted by Crippen LogP contribution is 2.47. The molecule has 0 N–H and O–H groups in total. The first-order chi connectivity index (χ1) is 15.9. The van der Waals surface area contributed by atoms with Gasteiger partial charge in [0.1, 0.15) is 0 Å². The number of nitrogens with zero attached hydrogens (tertiary/aromatic N) is 1. The van der Waals surface area contributed by atoms with Gasteiger partial charge in [0.25, 0.3) is 0 Å². The van der Waals surface area contributed by atoms with Crippen molar-refractivity contribution in [1.82, 2.24) is 0 Å². The Morgan fingerprint density at radius 2 is 1.24 bits per heavy atom. The number of anilines is 3. The Labute approximate surface area is 218 Å². The first-order valence-corrected chi connectivity index (χ1v) is 12.6. The van der Waals surface area contributed by atoms with Crippen LogP contribution < -0.4 is 4.90 Å². The average Bonchev–Trinajstić information content (AvgIpc) is 2.76. The fourth-order valence-electron chi connectivity index (χ4n) is 4.28. The summed E-state index contributed by atoms with van der Waals surface area (Å²) in [6.45, 7) is 13.5. The van der Waals surface area contributed by atoms with Crippen LogP contribution in [0.2, 0.25) is 15.1 Å². The summed E-state index contributed by atoms with van der Waals surface area (Å²) in [6, 6.07) is 25.4. The minimum Gasteiger partial charge on any atom is -0.309 e. The van der Waals surface area contributed by atoms with Crippen LogP contribution in [-0.2, 0) is 10.8 Å². The highest BCUT2D eigenvalue weighted by molar-refractivity contribution is 6.48. The van der Waals surface area contributed by atoms with Gasteiger partial charge in [-0.05, 0) is 51.6 Å². The predicted octanol–water partition coefficient (Wildman–Crippen LogP) is 10.9. The molecule has 0 aliphatic heterocycles. The molecule has 176 valence electrons. The normalized spacial score (nSPS) is 12.3. The number of rotatable bonds is 3. The second kappa shape index (κ2) is 9.11. The van der Waals surface area contributed by atoms with E-state index in [1.807, 2.05) is 30.3 Å². The molecule has 0 radical (unpaired) electrons. The Morgan fingerprint density at radius 1 is 0.618 bits per heavy atom. The van der Waals surface area contributed by atoms with Gasteiger partial charge in [0, 0.05) is 16.8 Å². The van der Waals surface area contributed by atoms with Gasteiger partial charge in [0.2, 0.25) is 0 Å². The molecule has 4 heteroatoms. The van der Waals surface area contributed by atoms with E-state index in [-0.39, 0.29) is 10.8 Å². The van der Waals surface area contributed by atoms with Crippen molar-refractivity contribution in [2.45, 2.75) is 52.4 Å². The molecular weight excluding hydrogens is 481 g/mol. The van der Waals surface area contributed by atoms with E-state index in [0.717, 1.165) is 17.1 Å². The van der Waals surface area contributed by atoms with Crippen LogP contribution in [0, 0.1) is 0 Å². The van der Waals surface area contributed by atoms with Crippen LogP contribution in [0.1, 0.15) is 52.7 Å². The lowest BCUT2D eigenvalue weighted by Gasteiger charge is -2.34. The van der Waals surface area contributed by atoms with Crippen LogP contribution in [0.3, 0.4) is 0 Å². The summed E-state index contributed by atoms with van der Waals surface area (Å²) in [5, 5.41) is 3.59. The summed E-state index contributed by atoms with van der Waals surface area (Å²) >= 11 is 19.4. The summed E-state index contributed by atoms with van der Waals surface area (Å²) in [5.74, 6) is 0. The van der Waals surface area contributed by atoms with Gasteiger partial charge in [-0.3, -0.25) is 0 Å².